The van der Waals surface area contributed by atoms with Gasteiger partial charge in [0, 0.05) is 22.0 Å². The van der Waals surface area contributed by atoms with E-state index < -0.39 is 0 Å². The largest absolute Gasteiger partial charge is 0.306 e. The molecule has 2 atom stereocenters. The van der Waals surface area contributed by atoms with Crippen LogP contribution in [-0.4, -0.2) is 11.0 Å². The molecule has 2 rings (SSSR count). The zero-order valence-corrected chi connectivity index (χ0v) is 14.0. The van der Waals surface area contributed by atoms with Crippen molar-refractivity contribution >= 4 is 22.9 Å². The van der Waals surface area contributed by atoms with Crippen LogP contribution in [0.4, 0.5) is 0 Å². The summed E-state index contributed by atoms with van der Waals surface area (Å²) < 4.78 is 0. The molecule has 0 fully saturated rings. The summed E-state index contributed by atoms with van der Waals surface area (Å²) in [7, 11) is 0. The summed E-state index contributed by atoms with van der Waals surface area (Å²) in [6, 6.07) is 8.71. The van der Waals surface area contributed by atoms with Gasteiger partial charge in [0.15, 0.2) is 0 Å². The summed E-state index contributed by atoms with van der Waals surface area (Å²) in [6.07, 6.45) is 0.965. The quantitative estimate of drug-likeness (QED) is 0.866. The highest BCUT2D eigenvalue weighted by Crippen LogP contribution is 2.23. The second kappa shape index (κ2) is 6.70. The van der Waals surface area contributed by atoms with Crippen LogP contribution in [0.25, 0.3) is 0 Å². The normalized spacial score (nSPS) is 14.2. The third-order valence-electron chi connectivity index (χ3n) is 3.31. The van der Waals surface area contributed by atoms with E-state index in [0.717, 1.165) is 16.5 Å². The SMILES string of the molecule is Cc1nc(C(C)NC(C)Cc2cccc(Cl)c2)c(C)s1. The van der Waals surface area contributed by atoms with Gasteiger partial charge in [0.05, 0.1) is 10.7 Å². The predicted molar refractivity (Wildman–Crippen MR) is 87.8 cm³/mol. The maximum absolute atomic E-state index is 6.02. The lowest BCUT2D eigenvalue weighted by atomic mass is 10.1. The van der Waals surface area contributed by atoms with Crippen LogP contribution in [0.15, 0.2) is 24.3 Å². The summed E-state index contributed by atoms with van der Waals surface area (Å²) in [4.78, 5) is 5.92. The molecule has 0 aliphatic rings. The van der Waals surface area contributed by atoms with Crippen molar-refractivity contribution in [1.29, 1.82) is 0 Å². The lowest BCUT2D eigenvalue weighted by Crippen LogP contribution is -2.31. The molecule has 1 N–H and O–H groups in total. The highest BCUT2D eigenvalue weighted by atomic mass is 35.5. The van der Waals surface area contributed by atoms with Crippen molar-refractivity contribution in [1.82, 2.24) is 10.3 Å². The lowest BCUT2D eigenvalue weighted by Gasteiger charge is -2.19. The number of rotatable bonds is 5. The topological polar surface area (TPSA) is 24.9 Å². The summed E-state index contributed by atoms with van der Waals surface area (Å²) in [6.45, 7) is 8.57. The minimum Gasteiger partial charge on any atom is -0.306 e. The monoisotopic (exact) mass is 308 g/mol. The molecule has 2 aromatic rings. The molecule has 1 aromatic carbocycles. The Hall–Kier alpha value is -0.900. The molecule has 0 spiro atoms. The van der Waals surface area contributed by atoms with Crippen LogP contribution >= 0.6 is 22.9 Å². The van der Waals surface area contributed by atoms with Crippen LogP contribution in [0.1, 0.15) is 41.0 Å². The van der Waals surface area contributed by atoms with Crippen LogP contribution in [0.5, 0.6) is 0 Å². The van der Waals surface area contributed by atoms with Crippen LogP contribution in [0.3, 0.4) is 0 Å². The number of aryl methyl sites for hydroxylation is 2. The smallest absolute Gasteiger partial charge is 0.0900 e. The van der Waals surface area contributed by atoms with E-state index in [-0.39, 0.29) is 6.04 Å². The molecule has 2 nitrogen and oxygen atoms in total. The number of aromatic nitrogens is 1. The van der Waals surface area contributed by atoms with Crippen molar-refractivity contribution < 1.29 is 0 Å². The van der Waals surface area contributed by atoms with Gasteiger partial charge in [0.1, 0.15) is 0 Å². The van der Waals surface area contributed by atoms with Gasteiger partial charge in [-0.05, 0) is 51.8 Å². The van der Waals surface area contributed by atoms with Crippen molar-refractivity contribution in [2.45, 2.75) is 46.2 Å². The molecule has 20 heavy (non-hydrogen) atoms. The van der Waals surface area contributed by atoms with E-state index in [0.29, 0.717) is 6.04 Å². The molecule has 0 bridgehead atoms. The molecule has 1 aromatic heterocycles. The summed E-state index contributed by atoms with van der Waals surface area (Å²) in [5.41, 5.74) is 2.43. The Morgan fingerprint density at radius 1 is 1.30 bits per heavy atom. The standard InChI is InChI=1S/C16H21ClN2S/c1-10(8-14-6-5-7-15(17)9-14)18-11(2)16-12(3)20-13(4)19-16/h5-7,9-11,18H,8H2,1-4H3. The van der Waals surface area contributed by atoms with Gasteiger partial charge in [-0.2, -0.15) is 0 Å². The number of hydrogen-bond donors (Lipinski definition) is 1. The van der Waals surface area contributed by atoms with Crippen LogP contribution in [0, 0.1) is 13.8 Å². The first-order valence-electron chi connectivity index (χ1n) is 6.90. The average Bonchev–Trinajstić information content (AvgIpc) is 2.68. The molecule has 2 unspecified atom stereocenters. The molecule has 0 amide bonds. The van der Waals surface area contributed by atoms with Crippen LogP contribution in [0.2, 0.25) is 5.02 Å². The second-order valence-electron chi connectivity index (χ2n) is 5.30. The van der Waals surface area contributed by atoms with Crippen molar-refractivity contribution in [3.05, 3.63) is 50.4 Å². The highest BCUT2D eigenvalue weighted by molar-refractivity contribution is 7.11. The first-order chi connectivity index (χ1) is 9.45. The number of nitrogens with one attached hydrogen (secondary N) is 1. The molecule has 0 saturated carbocycles. The van der Waals surface area contributed by atoms with Crippen molar-refractivity contribution in [2.75, 3.05) is 0 Å². The fourth-order valence-corrected chi connectivity index (χ4v) is 3.66. The Bertz CT molecular complexity index is 580. The maximum atomic E-state index is 6.02. The van der Waals surface area contributed by atoms with E-state index in [1.54, 1.807) is 11.3 Å². The van der Waals surface area contributed by atoms with E-state index in [9.17, 15) is 0 Å². The summed E-state index contributed by atoms with van der Waals surface area (Å²) in [5.74, 6) is 0. The summed E-state index contributed by atoms with van der Waals surface area (Å²) in [5, 5.41) is 5.55. The van der Waals surface area contributed by atoms with Gasteiger partial charge in [0.2, 0.25) is 0 Å². The zero-order valence-electron chi connectivity index (χ0n) is 12.4. The summed E-state index contributed by atoms with van der Waals surface area (Å²) >= 11 is 7.79. The molecular weight excluding hydrogens is 288 g/mol. The molecule has 108 valence electrons. The second-order valence-corrected chi connectivity index (χ2v) is 7.14. The Labute approximate surface area is 130 Å². The van der Waals surface area contributed by atoms with Crippen molar-refractivity contribution in [2.24, 2.45) is 0 Å². The minimum atomic E-state index is 0.272. The molecule has 0 aliphatic heterocycles. The van der Waals surface area contributed by atoms with Crippen LogP contribution < -0.4 is 5.32 Å². The molecular formula is C16H21ClN2S. The Morgan fingerprint density at radius 2 is 2.05 bits per heavy atom. The van der Waals surface area contributed by atoms with E-state index in [4.69, 9.17) is 11.6 Å². The molecule has 0 aliphatic carbocycles. The number of hydrogen-bond acceptors (Lipinski definition) is 3. The Morgan fingerprint density at radius 3 is 2.65 bits per heavy atom. The Balaban J connectivity index is 1.97. The number of thiazole rings is 1. The minimum absolute atomic E-state index is 0.272. The number of halogens is 1. The van der Waals surface area contributed by atoms with Gasteiger partial charge in [-0.25, -0.2) is 4.98 Å². The first kappa shape index (κ1) is 15.5. The molecule has 1 heterocycles. The van der Waals surface area contributed by atoms with E-state index >= 15 is 0 Å². The molecule has 0 saturated heterocycles. The predicted octanol–water partition coefficient (Wildman–Crippen LogP) is 4.70. The highest BCUT2D eigenvalue weighted by Gasteiger charge is 2.15. The van der Waals surface area contributed by atoms with Gasteiger partial charge in [-0.3, -0.25) is 0 Å². The molecule has 4 heteroatoms. The average molecular weight is 309 g/mol. The Kier molecular flexibility index (Phi) is 5.19. The fourth-order valence-electron chi connectivity index (χ4n) is 2.53. The van der Waals surface area contributed by atoms with Crippen molar-refractivity contribution in [3.8, 4) is 0 Å². The van der Waals surface area contributed by atoms with Gasteiger partial charge < -0.3 is 5.32 Å². The number of nitrogens with zero attached hydrogens (tertiary/aromatic N) is 1. The van der Waals surface area contributed by atoms with Gasteiger partial charge in [-0.15, -0.1) is 11.3 Å². The molecule has 0 radical (unpaired) electrons. The van der Waals surface area contributed by atoms with E-state index in [1.807, 2.05) is 18.2 Å². The maximum Gasteiger partial charge on any atom is 0.0900 e. The zero-order chi connectivity index (χ0) is 14.7. The first-order valence-corrected chi connectivity index (χ1v) is 8.09. The lowest BCUT2D eigenvalue weighted by molar-refractivity contribution is 0.470. The van der Waals surface area contributed by atoms with E-state index in [2.05, 4.69) is 44.1 Å². The van der Waals surface area contributed by atoms with Gasteiger partial charge in [0.25, 0.3) is 0 Å². The third-order valence-corrected chi connectivity index (χ3v) is 4.45. The van der Waals surface area contributed by atoms with Crippen molar-refractivity contribution in [3.63, 3.8) is 0 Å². The third kappa shape index (κ3) is 4.05. The fraction of sp³-hybridized carbons (Fsp3) is 0.438. The van der Waals surface area contributed by atoms with Gasteiger partial charge >= 0.3 is 0 Å². The van der Waals surface area contributed by atoms with Crippen LogP contribution in [-0.2, 0) is 6.42 Å². The van der Waals surface area contributed by atoms with Gasteiger partial charge in [-0.1, -0.05) is 23.7 Å². The number of benzene rings is 1. The van der Waals surface area contributed by atoms with E-state index in [1.165, 1.54) is 16.1 Å².